The van der Waals surface area contributed by atoms with Crippen molar-refractivity contribution in [3.8, 4) is 0 Å². The van der Waals surface area contributed by atoms with E-state index in [1.807, 2.05) is 18.2 Å². The van der Waals surface area contributed by atoms with Crippen LogP contribution in [0.25, 0.3) is 11.0 Å². The second kappa shape index (κ2) is 4.02. The van der Waals surface area contributed by atoms with Gasteiger partial charge in [-0.15, -0.1) is 0 Å². The predicted molar refractivity (Wildman–Crippen MR) is 69.0 cm³/mol. The average Bonchev–Trinajstić information content (AvgIpc) is 2.96. The third-order valence-electron chi connectivity index (χ3n) is 3.83. The Morgan fingerprint density at radius 3 is 2.67 bits per heavy atom. The highest BCUT2D eigenvalue weighted by Crippen LogP contribution is 2.44. The van der Waals surface area contributed by atoms with Crippen LogP contribution in [0.1, 0.15) is 31.4 Å². The third kappa shape index (κ3) is 1.54. The van der Waals surface area contributed by atoms with Gasteiger partial charge in [0.1, 0.15) is 11.2 Å². The molecular formula is C14H13ClO3. The number of benzene rings is 1. The molecule has 1 aliphatic carbocycles. The van der Waals surface area contributed by atoms with Gasteiger partial charge in [-0.05, 0) is 25.0 Å². The number of carboxylic acid groups (broad SMARTS) is 1. The summed E-state index contributed by atoms with van der Waals surface area (Å²) in [4.78, 5) is 11.6. The molecule has 0 bridgehead atoms. The van der Waals surface area contributed by atoms with Crippen molar-refractivity contribution in [3.05, 3.63) is 35.0 Å². The molecule has 1 heterocycles. The highest BCUT2D eigenvalue weighted by atomic mass is 35.5. The molecule has 1 N–H and O–H groups in total. The van der Waals surface area contributed by atoms with E-state index in [1.165, 1.54) is 0 Å². The summed E-state index contributed by atoms with van der Waals surface area (Å²) in [5.41, 5.74) is -0.274. The summed E-state index contributed by atoms with van der Waals surface area (Å²) in [6, 6.07) is 7.30. The first-order valence-electron chi connectivity index (χ1n) is 6.05. The number of rotatable bonds is 2. The summed E-state index contributed by atoms with van der Waals surface area (Å²) < 4.78 is 5.73. The van der Waals surface area contributed by atoms with Gasteiger partial charge in [0.15, 0.2) is 5.58 Å². The van der Waals surface area contributed by atoms with Crippen molar-refractivity contribution < 1.29 is 14.3 Å². The molecule has 18 heavy (non-hydrogen) atoms. The van der Waals surface area contributed by atoms with Crippen LogP contribution in [0.3, 0.4) is 0 Å². The molecule has 1 fully saturated rings. The fraction of sp³-hybridized carbons (Fsp3) is 0.357. The van der Waals surface area contributed by atoms with E-state index in [0.717, 1.165) is 18.2 Å². The lowest BCUT2D eigenvalue weighted by molar-refractivity contribution is -0.144. The number of hydrogen-bond acceptors (Lipinski definition) is 2. The van der Waals surface area contributed by atoms with E-state index in [4.69, 9.17) is 16.0 Å². The van der Waals surface area contributed by atoms with E-state index in [9.17, 15) is 9.90 Å². The molecule has 4 heteroatoms. The maximum Gasteiger partial charge on any atom is 0.317 e. The van der Waals surface area contributed by atoms with Gasteiger partial charge in [0, 0.05) is 5.39 Å². The zero-order valence-electron chi connectivity index (χ0n) is 9.78. The van der Waals surface area contributed by atoms with Gasteiger partial charge >= 0.3 is 5.97 Å². The van der Waals surface area contributed by atoms with E-state index in [-0.39, 0.29) is 0 Å². The van der Waals surface area contributed by atoms with Crippen LogP contribution in [-0.2, 0) is 10.2 Å². The number of fused-ring (bicyclic) bond motifs is 1. The molecule has 3 nitrogen and oxygen atoms in total. The van der Waals surface area contributed by atoms with Crippen LogP contribution >= 0.6 is 11.6 Å². The van der Waals surface area contributed by atoms with Crippen LogP contribution in [0.5, 0.6) is 0 Å². The summed E-state index contributed by atoms with van der Waals surface area (Å²) in [7, 11) is 0. The van der Waals surface area contributed by atoms with Crippen molar-refractivity contribution in [2.45, 2.75) is 31.1 Å². The van der Waals surface area contributed by atoms with Crippen LogP contribution in [0.2, 0.25) is 5.02 Å². The average molecular weight is 265 g/mol. The van der Waals surface area contributed by atoms with Crippen LogP contribution < -0.4 is 0 Å². The van der Waals surface area contributed by atoms with Gasteiger partial charge in [-0.2, -0.15) is 0 Å². The smallest absolute Gasteiger partial charge is 0.317 e. The van der Waals surface area contributed by atoms with E-state index in [0.29, 0.717) is 29.2 Å². The Kier molecular flexibility index (Phi) is 2.59. The van der Waals surface area contributed by atoms with Gasteiger partial charge in [0.25, 0.3) is 0 Å². The van der Waals surface area contributed by atoms with Crippen LogP contribution in [0.15, 0.2) is 28.7 Å². The zero-order valence-corrected chi connectivity index (χ0v) is 10.5. The van der Waals surface area contributed by atoms with Crippen molar-refractivity contribution >= 4 is 28.5 Å². The summed E-state index contributed by atoms with van der Waals surface area (Å²) in [6.45, 7) is 0. The lowest BCUT2D eigenvalue weighted by Gasteiger charge is -2.20. The second-order valence-corrected chi connectivity index (χ2v) is 5.27. The Labute approximate surface area is 109 Å². The van der Waals surface area contributed by atoms with Crippen molar-refractivity contribution in [3.63, 3.8) is 0 Å². The van der Waals surface area contributed by atoms with E-state index >= 15 is 0 Å². The minimum absolute atomic E-state index is 0.525. The number of furan rings is 1. The number of carboxylic acids is 1. The van der Waals surface area contributed by atoms with E-state index in [1.54, 1.807) is 6.07 Å². The van der Waals surface area contributed by atoms with Gasteiger partial charge in [-0.1, -0.05) is 36.6 Å². The van der Waals surface area contributed by atoms with Gasteiger partial charge in [-0.25, -0.2) is 0 Å². The Morgan fingerprint density at radius 2 is 2.06 bits per heavy atom. The van der Waals surface area contributed by atoms with Crippen molar-refractivity contribution in [2.75, 3.05) is 0 Å². The molecule has 1 aliphatic rings. The molecule has 0 spiro atoms. The van der Waals surface area contributed by atoms with Crippen LogP contribution in [0, 0.1) is 0 Å². The number of halogens is 1. The molecule has 0 radical (unpaired) electrons. The lowest BCUT2D eigenvalue weighted by Crippen LogP contribution is -2.31. The molecule has 0 saturated heterocycles. The second-order valence-electron chi connectivity index (χ2n) is 4.86. The van der Waals surface area contributed by atoms with E-state index in [2.05, 4.69) is 0 Å². The third-order valence-corrected chi connectivity index (χ3v) is 4.13. The lowest BCUT2D eigenvalue weighted by atomic mass is 9.83. The fourth-order valence-corrected chi connectivity index (χ4v) is 3.03. The maximum absolute atomic E-state index is 11.6. The minimum Gasteiger partial charge on any atom is -0.480 e. The molecule has 1 aromatic carbocycles. The molecule has 0 amide bonds. The number of aliphatic carboxylic acids is 1. The first-order valence-corrected chi connectivity index (χ1v) is 6.43. The Bertz CT molecular complexity index is 609. The monoisotopic (exact) mass is 264 g/mol. The Morgan fingerprint density at radius 1 is 1.33 bits per heavy atom. The predicted octanol–water partition coefficient (Wildman–Crippen LogP) is 3.98. The van der Waals surface area contributed by atoms with Gasteiger partial charge in [0.05, 0.1) is 5.02 Å². The van der Waals surface area contributed by atoms with Crippen molar-refractivity contribution in [2.24, 2.45) is 0 Å². The highest BCUT2D eigenvalue weighted by Gasteiger charge is 2.45. The molecule has 1 saturated carbocycles. The summed E-state index contributed by atoms with van der Waals surface area (Å²) in [5.74, 6) is -0.259. The summed E-state index contributed by atoms with van der Waals surface area (Å²) in [5, 5.41) is 10.9. The van der Waals surface area contributed by atoms with Gasteiger partial charge in [0.2, 0.25) is 0 Å². The minimum atomic E-state index is -0.859. The van der Waals surface area contributed by atoms with Crippen LogP contribution in [-0.4, -0.2) is 11.1 Å². The first kappa shape index (κ1) is 11.6. The number of para-hydroxylation sites is 1. The Balaban J connectivity index is 2.19. The standard InChI is InChI=1S/C14H13ClO3/c15-10-5-3-4-9-8-11(18-12(9)10)14(13(16)17)6-1-2-7-14/h3-5,8H,1-2,6-7H2,(H,16,17). The largest absolute Gasteiger partial charge is 0.480 e. The molecule has 1 aromatic heterocycles. The SMILES string of the molecule is O=C(O)C1(c2cc3cccc(Cl)c3o2)CCCC1. The number of hydrogen-bond donors (Lipinski definition) is 1. The molecule has 0 aliphatic heterocycles. The molecular weight excluding hydrogens is 252 g/mol. The molecule has 2 aromatic rings. The maximum atomic E-state index is 11.6. The molecule has 0 unspecified atom stereocenters. The molecule has 94 valence electrons. The normalized spacial score (nSPS) is 18.3. The summed E-state index contributed by atoms with van der Waals surface area (Å²) >= 11 is 6.06. The fourth-order valence-electron chi connectivity index (χ4n) is 2.81. The Hall–Kier alpha value is -1.48. The van der Waals surface area contributed by atoms with Gasteiger partial charge in [-0.3, -0.25) is 4.79 Å². The number of carbonyl (C=O) groups is 1. The van der Waals surface area contributed by atoms with Crippen molar-refractivity contribution in [1.82, 2.24) is 0 Å². The zero-order chi connectivity index (χ0) is 12.8. The quantitative estimate of drug-likeness (QED) is 0.892. The van der Waals surface area contributed by atoms with Crippen LogP contribution in [0.4, 0.5) is 0 Å². The first-order chi connectivity index (χ1) is 8.63. The highest BCUT2D eigenvalue weighted by molar-refractivity contribution is 6.34. The van der Waals surface area contributed by atoms with Crippen molar-refractivity contribution in [1.29, 1.82) is 0 Å². The van der Waals surface area contributed by atoms with Gasteiger partial charge < -0.3 is 9.52 Å². The molecule has 3 rings (SSSR count). The van der Waals surface area contributed by atoms with E-state index < -0.39 is 11.4 Å². The summed E-state index contributed by atoms with van der Waals surface area (Å²) in [6.07, 6.45) is 3.13. The topological polar surface area (TPSA) is 50.4 Å². The molecule has 0 atom stereocenters.